The molecule has 0 bridgehead atoms. The van der Waals surface area contributed by atoms with E-state index in [0.29, 0.717) is 0 Å². The molecule has 108 valence electrons. The number of hydrogen-bond donors (Lipinski definition) is 0. The molecule has 0 aromatic heterocycles. The second-order valence-corrected chi connectivity index (χ2v) is 14.9. The van der Waals surface area contributed by atoms with Crippen molar-refractivity contribution in [3.63, 3.8) is 0 Å². The minimum absolute atomic E-state index is 0.781. The largest absolute Gasteiger partial charge is 0.500 e. The third-order valence-electron chi connectivity index (χ3n) is 2.70. The molecule has 0 spiro atoms. The van der Waals surface area contributed by atoms with Crippen LogP contribution < -0.4 is 0 Å². The first-order valence-corrected chi connectivity index (χ1v) is 13.0. The van der Waals surface area contributed by atoms with Gasteiger partial charge in [-0.3, -0.25) is 0 Å². The third-order valence-corrected chi connectivity index (χ3v) is 13.1. The second-order valence-electron chi connectivity index (χ2n) is 3.71. The monoisotopic (exact) mass is 346 g/mol. The third kappa shape index (κ3) is 5.84. The van der Waals surface area contributed by atoms with Crippen LogP contribution in [0.5, 0.6) is 0 Å². The smallest absolute Gasteiger partial charge is 0.425 e. The van der Waals surface area contributed by atoms with Crippen LogP contribution in [0.2, 0.25) is 12.1 Å². The average Bonchev–Trinajstić information content (AvgIpc) is 2.37. The van der Waals surface area contributed by atoms with Crippen LogP contribution in [0.25, 0.3) is 0 Å². The van der Waals surface area contributed by atoms with Gasteiger partial charge in [0.1, 0.15) is 0 Å². The summed E-state index contributed by atoms with van der Waals surface area (Å²) in [5, 5.41) is 0. The molecule has 0 aromatic rings. The van der Waals surface area contributed by atoms with E-state index in [1.54, 1.807) is 21.3 Å². The Balaban J connectivity index is 2.25. The first kappa shape index (κ1) is 16.9. The maximum atomic E-state index is 5.71. The Morgan fingerprint density at radius 1 is 0.944 bits per heavy atom. The van der Waals surface area contributed by atoms with Gasteiger partial charge in [0.2, 0.25) is 0 Å². The van der Waals surface area contributed by atoms with Crippen molar-refractivity contribution in [2.45, 2.75) is 18.5 Å². The van der Waals surface area contributed by atoms with Crippen LogP contribution in [0.4, 0.5) is 0 Å². The summed E-state index contributed by atoms with van der Waals surface area (Å²) in [6, 6.07) is 1.71. The molecule has 0 saturated carbocycles. The van der Waals surface area contributed by atoms with Gasteiger partial charge in [-0.1, -0.05) is 0 Å². The molecule has 0 aliphatic carbocycles. The Labute approximate surface area is 118 Å². The highest BCUT2D eigenvalue weighted by molar-refractivity contribution is 6.61. The maximum absolute atomic E-state index is 5.71. The molecule has 1 heterocycles. The zero-order chi connectivity index (χ0) is 13.3. The van der Waals surface area contributed by atoms with Crippen LogP contribution >= 0.6 is 0 Å². The van der Waals surface area contributed by atoms with E-state index in [0.717, 1.165) is 18.5 Å². The average molecular weight is 347 g/mol. The Kier molecular flexibility index (Phi) is 9.05. The lowest BCUT2D eigenvalue weighted by Gasteiger charge is -2.25. The molecule has 1 aliphatic heterocycles. The van der Waals surface area contributed by atoms with Gasteiger partial charge < -0.3 is 29.7 Å². The van der Waals surface area contributed by atoms with Crippen LogP contribution in [-0.2, 0) is 29.7 Å². The van der Waals surface area contributed by atoms with Crippen molar-refractivity contribution in [2.75, 3.05) is 21.3 Å². The summed E-state index contributed by atoms with van der Waals surface area (Å²) in [4.78, 5) is 0. The molecule has 1 saturated heterocycles. The van der Waals surface area contributed by atoms with Gasteiger partial charge >= 0.3 is 18.1 Å². The summed E-state index contributed by atoms with van der Waals surface area (Å²) in [6.07, 6.45) is 0.929. The predicted octanol–water partition coefficient (Wildman–Crippen LogP) is -2.45. The highest BCUT2D eigenvalue weighted by Crippen LogP contribution is 2.18. The molecule has 1 aliphatic rings. The SMILES string of the molecule is CO[Si](CCC[SiH]1O[SiH2]O[SiH2]O[SiH2]O1)(OC)OC. The molecule has 1 rings (SSSR count). The minimum Gasteiger partial charge on any atom is -0.425 e. The van der Waals surface area contributed by atoms with E-state index in [1.165, 1.54) is 0 Å². The van der Waals surface area contributed by atoms with Crippen molar-refractivity contribution in [3.05, 3.63) is 0 Å². The fraction of sp³-hybridized carbons (Fsp3) is 1.00. The van der Waals surface area contributed by atoms with Crippen molar-refractivity contribution in [3.8, 4) is 0 Å². The summed E-state index contributed by atoms with van der Waals surface area (Å²) in [5.74, 6) is 0. The van der Waals surface area contributed by atoms with Crippen molar-refractivity contribution in [2.24, 2.45) is 0 Å². The van der Waals surface area contributed by atoms with Crippen molar-refractivity contribution in [1.82, 2.24) is 0 Å². The molecular formula is C6H22O7Si5. The first-order chi connectivity index (χ1) is 8.76. The van der Waals surface area contributed by atoms with Crippen molar-refractivity contribution < 1.29 is 29.7 Å². The summed E-state index contributed by atoms with van der Waals surface area (Å²) >= 11 is 0. The Hall–Kier alpha value is 0.804. The fourth-order valence-electron chi connectivity index (χ4n) is 1.63. The van der Waals surface area contributed by atoms with Crippen LogP contribution in [0.1, 0.15) is 6.42 Å². The Bertz CT molecular complexity index is 202. The number of hydrogen-bond acceptors (Lipinski definition) is 7. The van der Waals surface area contributed by atoms with Crippen molar-refractivity contribution >= 4 is 48.1 Å². The van der Waals surface area contributed by atoms with E-state index in [2.05, 4.69) is 0 Å². The van der Waals surface area contributed by atoms with E-state index in [-0.39, 0.29) is 0 Å². The van der Waals surface area contributed by atoms with E-state index < -0.39 is 48.1 Å². The van der Waals surface area contributed by atoms with Crippen LogP contribution in [-0.4, -0.2) is 69.4 Å². The van der Waals surface area contributed by atoms with Crippen molar-refractivity contribution in [1.29, 1.82) is 0 Å². The molecule has 0 aromatic carbocycles. The van der Waals surface area contributed by atoms with E-state index in [1.807, 2.05) is 0 Å². The lowest BCUT2D eigenvalue weighted by molar-refractivity contribution is 0.123. The second kappa shape index (κ2) is 9.67. The van der Waals surface area contributed by atoms with Crippen LogP contribution in [0.15, 0.2) is 0 Å². The van der Waals surface area contributed by atoms with Gasteiger partial charge in [-0.2, -0.15) is 0 Å². The molecule has 0 unspecified atom stereocenters. The van der Waals surface area contributed by atoms with Gasteiger partial charge in [-0.25, -0.2) is 0 Å². The highest BCUT2D eigenvalue weighted by atomic mass is 28.4. The Morgan fingerprint density at radius 2 is 1.50 bits per heavy atom. The highest BCUT2D eigenvalue weighted by Gasteiger charge is 2.37. The minimum atomic E-state index is -2.45. The molecule has 1 fully saturated rings. The fourth-order valence-corrected chi connectivity index (χ4v) is 12.7. The van der Waals surface area contributed by atoms with Crippen LogP contribution in [0, 0.1) is 0 Å². The summed E-state index contributed by atoms with van der Waals surface area (Å²) in [5.41, 5.74) is 0. The van der Waals surface area contributed by atoms with Gasteiger partial charge in [0.25, 0.3) is 30.0 Å². The molecular weight excluding hydrogens is 324 g/mol. The molecule has 0 radical (unpaired) electrons. The number of rotatable bonds is 7. The predicted molar refractivity (Wildman–Crippen MR) is 78.1 cm³/mol. The first-order valence-electron chi connectivity index (χ1n) is 5.80. The van der Waals surface area contributed by atoms with E-state index >= 15 is 0 Å². The topological polar surface area (TPSA) is 64.6 Å². The molecule has 0 N–H and O–H groups in total. The van der Waals surface area contributed by atoms with Gasteiger partial charge in [-0.05, 0) is 12.5 Å². The lowest BCUT2D eigenvalue weighted by atomic mass is 10.6. The standard InChI is InChI=1S/C6H22O7Si5/c1-7-18(8-2,9-3)6-4-5-17-12-15-10-14-11-16-13-17/h17H,4-6,14-16H2,1-3H3. The summed E-state index contributed by atoms with van der Waals surface area (Å²) in [7, 11) is -1.63. The van der Waals surface area contributed by atoms with Crippen LogP contribution in [0.3, 0.4) is 0 Å². The zero-order valence-electron chi connectivity index (χ0n) is 11.2. The van der Waals surface area contributed by atoms with E-state index in [9.17, 15) is 0 Å². The van der Waals surface area contributed by atoms with E-state index in [4.69, 9.17) is 29.7 Å². The molecule has 12 heteroatoms. The quantitative estimate of drug-likeness (QED) is 0.474. The normalized spacial score (nSPS) is 26.5. The molecule has 18 heavy (non-hydrogen) atoms. The van der Waals surface area contributed by atoms with Gasteiger partial charge in [0.15, 0.2) is 0 Å². The Morgan fingerprint density at radius 3 is 2.00 bits per heavy atom. The lowest BCUT2D eigenvalue weighted by Crippen LogP contribution is -2.43. The zero-order valence-corrected chi connectivity index (χ0v) is 17.6. The van der Waals surface area contributed by atoms with Gasteiger partial charge in [-0.15, -0.1) is 0 Å². The van der Waals surface area contributed by atoms with Gasteiger partial charge in [0, 0.05) is 27.4 Å². The molecule has 0 atom stereocenters. The molecule has 7 nitrogen and oxygen atoms in total. The maximum Gasteiger partial charge on any atom is 0.500 e. The summed E-state index contributed by atoms with van der Waals surface area (Å²) < 4.78 is 38.3. The summed E-state index contributed by atoms with van der Waals surface area (Å²) in [6.45, 7) is 0. The molecule has 0 amide bonds. The van der Waals surface area contributed by atoms with Gasteiger partial charge in [0.05, 0.1) is 0 Å².